The van der Waals surface area contributed by atoms with Crippen molar-refractivity contribution in [2.24, 2.45) is 23.4 Å². The van der Waals surface area contributed by atoms with Gasteiger partial charge in [-0.15, -0.1) is 0 Å². The van der Waals surface area contributed by atoms with Crippen molar-refractivity contribution in [3.8, 4) is 11.5 Å². The summed E-state index contributed by atoms with van der Waals surface area (Å²) in [6, 6.07) is 30.0. The smallest absolute Gasteiger partial charge is 0.308 e. The van der Waals surface area contributed by atoms with Gasteiger partial charge in [0.25, 0.3) is 5.91 Å². The van der Waals surface area contributed by atoms with Gasteiger partial charge in [-0.25, -0.2) is 5.84 Å². The Morgan fingerprint density at radius 1 is 0.718 bits per heavy atom. The summed E-state index contributed by atoms with van der Waals surface area (Å²) in [7, 11) is 0.236. The molecule has 4 aromatic carbocycles. The number of amides is 4. The molecular weight excluding hydrogens is 1010 g/mol. The van der Waals surface area contributed by atoms with Crippen LogP contribution >= 0.6 is 8.73 Å². The normalized spacial score (nSPS) is 17.6. The first kappa shape index (κ1) is 60.5. The third-order valence-electron chi connectivity index (χ3n) is 13.6. The molecule has 2 aliphatic heterocycles. The molecule has 420 valence electrons. The van der Waals surface area contributed by atoms with Crippen LogP contribution in [-0.2, 0) is 63.8 Å². The van der Waals surface area contributed by atoms with Crippen LogP contribution in [0.4, 0.5) is 0 Å². The van der Waals surface area contributed by atoms with Gasteiger partial charge in [0.1, 0.15) is 50.0 Å². The Labute approximate surface area is 461 Å². The number of carbonyl (C=O) groups excluding carboxylic acids is 6. The number of ketones is 1. The first-order chi connectivity index (χ1) is 37.3. The summed E-state index contributed by atoms with van der Waals surface area (Å²) in [5, 5.41) is 11.9. The van der Waals surface area contributed by atoms with E-state index in [1.54, 1.807) is 25.3 Å². The first-order valence-electron chi connectivity index (χ1n) is 26.9. The van der Waals surface area contributed by atoms with Crippen LogP contribution < -0.4 is 42.3 Å². The fourth-order valence-electron chi connectivity index (χ4n) is 9.36. The molecule has 0 aromatic heterocycles. The second-order valence-electron chi connectivity index (χ2n) is 21.5. The minimum Gasteiger partial charge on any atom is -0.483 e. The molecule has 0 spiro atoms. The van der Waals surface area contributed by atoms with Gasteiger partial charge in [0.15, 0.2) is 23.8 Å². The van der Waals surface area contributed by atoms with Crippen LogP contribution in [0.3, 0.4) is 0 Å². The van der Waals surface area contributed by atoms with E-state index in [9.17, 15) is 28.8 Å². The lowest BCUT2D eigenvalue weighted by Gasteiger charge is -2.41. The van der Waals surface area contributed by atoms with Gasteiger partial charge in [0.05, 0.1) is 31.6 Å². The Kier molecular flexibility index (Phi) is 22.8. The number of hydrazine groups is 1. The van der Waals surface area contributed by atoms with Gasteiger partial charge < -0.3 is 50.4 Å². The molecular formula is C59H80N8O10P+. The SMILES string of the molecule is CC(=O)Oc1ccc(C[N+]2(CC(=O)N[C@@H](CCc3ccccc3)C(=O)N[C@@H](CC(C)C)C(=O)N[C@@H](Cc3ccccc3)C(=O)N[C@@H](CC(C)C)C(=O)[C@@]3(C)CO3)CCOCC2)cc1OC/C(N)=C/N(N)PCc1ccccc1. The largest absolute Gasteiger partial charge is 0.483 e. The van der Waals surface area contributed by atoms with E-state index in [0.717, 1.165) is 28.4 Å². The number of hydrogen-bond acceptors (Lipinski definition) is 13. The highest BCUT2D eigenvalue weighted by molar-refractivity contribution is 7.34. The van der Waals surface area contributed by atoms with Crippen molar-refractivity contribution in [3.63, 3.8) is 0 Å². The fraction of sp³-hybridized carbons (Fsp3) is 0.458. The minimum atomic E-state index is -1.10. The van der Waals surface area contributed by atoms with Gasteiger partial charge >= 0.3 is 5.97 Å². The number of benzene rings is 4. The number of hydrogen-bond donors (Lipinski definition) is 6. The van der Waals surface area contributed by atoms with E-state index >= 15 is 0 Å². The Balaban J connectivity index is 1.18. The summed E-state index contributed by atoms with van der Waals surface area (Å²) in [4.78, 5) is 83.7. The van der Waals surface area contributed by atoms with Crippen molar-refractivity contribution in [1.29, 1.82) is 0 Å². The third-order valence-corrected chi connectivity index (χ3v) is 14.7. The molecule has 0 bridgehead atoms. The molecule has 1 unspecified atom stereocenters. The Bertz CT molecular complexity index is 2650. The average Bonchev–Trinajstić information content (AvgIpc) is 4.21. The summed E-state index contributed by atoms with van der Waals surface area (Å²) >= 11 is 0. The minimum absolute atomic E-state index is 0.0100. The van der Waals surface area contributed by atoms with Gasteiger partial charge in [0.2, 0.25) is 17.7 Å². The number of epoxide rings is 1. The Morgan fingerprint density at radius 2 is 1.27 bits per heavy atom. The maximum atomic E-state index is 14.7. The van der Waals surface area contributed by atoms with Gasteiger partial charge in [0, 0.05) is 31.3 Å². The number of Topliss-reactive ketones (excluding diaryl/α,β-unsaturated/α-hetero) is 1. The predicted molar refractivity (Wildman–Crippen MR) is 300 cm³/mol. The van der Waals surface area contributed by atoms with Crippen LogP contribution in [0.5, 0.6) is 11.5 Å². The standard InChI is InChI=1S/C59H79N8O10P/c1-40(2)30-49(55(70)59(6)39-76-59)63-58(73)51(32-44-18-12-8-13-19-44)65-57(72)50(31-41(3)4)64-56(71)48(24-22-43-16-10-7-11-17-43)62-54(69)36-67(26-28-74-29-27-67)35-46-23-25-52(77-42(5)68)53(33-46)75-37-47(60)34-66(61)78-38-45-20-14-9-15-21-45/h7-21,23,25,33-34,40-41,48-51,78H,22,24,26-32,35-39,60-61H2,1-6H3,(H3-,62,63,64,65,69,71,72,73)/p+1/b47-34-/t48-,49-,50-,51-,59+/m0/s1. The van der Waals surface area contributed by atoms with E-state index in [2.05, 4.69) is 21.3 Å². The van der Waals surface area contributed by atoms with E-state index in [1.807, 2.05) is 125 Å². The van der Waals surface area contributed by atoms with E-state index in [-0.39, 0.29) is 87.3 Å². The van der Waals surface area contributed by atoms with Crippen molar-refractivity contribution in [1.82, 2.24) is 26.0 Å². The van der Waals surface area contributed by atoms with Crippen LogP contribution in [-0.4, -0.2) is 120 Å². The molecule has 0 saturated carbocycles. The number of morpholine rings is 1. The molecule has 19 heteroatoms. The van der Waals surface area contributed by atoms with E-state index in [1.165, 1.54) is 11.7 Å². The summed E-state index contributed by atoms with van der Waals surface area (Å²) < 4.78 is 24.7. The van der Waals surface area contributed by atoms with Crippen LogP contribution in [0, 0.1) is 11.8 Å². The number of ether oxygens (including phenoxy) is 4. The second-order valence-corrected chi connectivity index (χ2v) is 22.7. The molecule has 18 nitrogen and oxygen atoms in total. The lowest BCUT2D eigenvalue weighted by atomic mass is 9.93. The fourth-order valence-corrected chi connectivity index (χ4v) is 10.2. The van der Waals surface area contributed by atoms with Crippen molar-refractivity contribution in [2.75, 3.05) is 46.1 Å². The molecule has 78 heavy (non-hydrogen) atoms. The monoisotopic (exact) mass is 1090 g/mol. The number of nitrogens with two attached hydrogens (primary N) is 2. The van der Waals surface area contributed by atoms with E-state index < -0.39 is 53.5 Å². The van der Waals surface area contributed by atoms with Gasteiger partial charge in [-0.05, 0) is 88.1 Å². The second kappa shape index (κ2) is 29.3. The van der Waals surface area contributed by atoms with E-state index in [0.29, 0.717) is 51.4 Å². The average molecular weight is 1090 g/mol. The summed E-state index contributed by atoms with van der Waals surface area (Å²) in [6.07, 6.45) is 3.75. The number of nitrogens with one attached hydrogen (secondary N) is 4. The van der Waals surface area contributed by atoms with E-state index in [4.69, 9.17) is 30.5 Å². The maximum absolute atomic E-state index is 14.7. The first-order valence-corrected chi connectivity index (χ1v) is 28.0. The Hall–Kier alpha value is -6.69. The molecule has 2 heterocycles. The van der Waals surface area contributed by atoms with Crippen LogP contribution in [0.15, 0.2) is 121 Å². The van der Waals surface area contributed by atoms with Crippen molar-refractivity contribution >= 4 is 44.1 Å². The summed E-state index contributed by atoms with van der Waals surface area (Å²) in [6.45, 7) is 13.1. The highest BCUT2D eigenvalue weighted by Crippen LogP contribution is 2.32. The van der Waals surface area contributed by atoms with Crippen LogP contribution in [0.2, 0.25) is 0 Å². The Morgan fingerprint density at radius 3 is 1.87 bits per heavy atom. The molecule has 6 rings (SSSR count). The molecule has 2 fully saturated rings. The van der Waals surface area contributed by atoms with Crippen molar-refractivity contribution < 1.29 is 52.2 Å². The zero-order valence-corrected chi connectivity index (χ0v) is 47.0. The summed E-state index contributed by atoms with van der Waals surface area (Å²) in [5.41, 5.74) is 9.41. The highest BCUT2D eigenvalue weighted by Gasteiger charge is 2.50. The molecule has 4 aromatic rings. The molecule has 4 amide bonds. The third kappa shape index (κ3) is 19.6. The number of esters is 1. The van der Waals surface area contributed by atoms with Crippen LogP contribution in [0.25, 0.3) is 0 Å². The van der Waals surface area contributed by atoms with Crippen molar-refractivity contribution in [3.05, 3.63) is 143 Å². The van der Waals surface area contributed by atoms with Gasteiger partial charge in [-0.2, -0.15) is 0 Å². The quantitative estimate of drug-likeness (QED) is 0.00733. The summed E-state index contributed by atoms with van der Waals surface area (Å²) in [5.74, 6) is 3.95. The molecule has 8 N–H and O–H groups in total. The van der Waals surface area contributed by atoms with Gasteiger partial charge in [-0.3, -0.25) is 33.5 Å². The zero-order valence-electron chi connectivity index (χ0n) is 46.0. The highest BCUT2D eigenvalue weighted by atomic mass is 31.1. The maximum Gasteiger partial charge on any atom is 0.308 e. The number of carbonyl (C=O) groups is 6. The molecule has 0 radical (unpaired) electrons. The predicted octanol–water partition coefficient (Wildman–Crippen LogP) is 5.37. The van der Waals surface area contributed by atoms with Gasteiger partial charge in [-0.1, -0.05) is 119 Å². The molecule has 6 atom stereocenters. The zero-order chi connectivity index (χ0) is 56.2. The topological polar surface area (TPSA) is 246 Å². The van der Waals surface area contributed by atoms with Crippen molar-refractivity contribution in [2.45, 2.75) is 116 Å². The lowest BCUT2D eigenvalue weighted by molar-refractivity contribution is -0.940. The van der Waals surface area contributed by atoms with Crippen LogP contribution in [0.1, 0.15) is 83.1 Å². The number of aryl methyl sites for hydroxylation is 1. The number of quaternary nitrogens is 1. The molecule has 2 saturated heterocycles. The lowest BCUT2D eigenvalue weighted by Crippen LogP contribution is -2.61. The number of nitrogens with zero attached hydrogens (tertiary/aromatic N) is 2. The molecule has 2 aliphatic rings. The molecule has 0 aliphatic carbocycles. The number of rotatable bonds is 30.